The van der Waals surface area contributed by atoms with Crippen molar-refractivity contribution in [3.63, 3.8) is 0 Å². The largest absolute Gasteiger partial charge is 0.481 e. The van der Waals surface area contributed by atoms with Crippen molar-refractivity contribution in [2.75, 3.05) is 34.2 Å². The minimum absolute atomic E-state index is 0.187. The minimum atomic E-state index is -0.583. The molecule has 1 N–H and O–H groups in total. The maximum absolute atomic E-state index is 11.7. The van der Waals surface area contributed by atoms with E-state index in [1.807, 2.05) is 14.1 Å². The van der Waals surface area contributed by atoms with E-state index in [4.69, 9.17) is 0 Å². The third-order valence-electron chi connectivity index (χ3n) is 4.90. The van der Waals surface area contributed by atoms with E-state index in [1.54, 1.807) is 0 Å². The van der Waals surface area contributed by atoms with Gasteiger partial charge in [-0.2, -0.15) is 0 Å². The van der Waals surface area contributed by atoms with Crippen LogP contribution in [-0.4, -0.2) is 61.2 Å². The predicted octanol–water partition coefficient (Wildman–Crippen LogP) is 1.51. The first-order valence-electron chi connectivity index (χ1n) is 7.06. The highest BCUT2D eigenvalue weighted by atomic mass is 16.4. The number of carboxylic acids is 1. The summed E-state index contributed by atoms with van der Waals surface area (Å²) in [6.45, 7) is 2.19. The summed E-state index contributed by atoms with van der Waals surface area (Å²) in [5, 5.41) is 9.66. The van der Waals surface area contributed by atoms with Gasteiger partial charge in [-0.3, -0.25) is 4.79 Å². The van der Waals surface area contributed by atoms with Crippen molar-refractivity contribution >= 4 is 5.97 Å². The average Bonchev–Trinajstić information content (AvgIpc) is 2.21. The van der Waals surface area contributed by atoms with Gasteiger partial charge < -0.3 is 14.9 Å². The fourth-order valence-electron chi connectivity index (χ4n) is 4.02. The summed E-state index contributed by atoms with van der Waals surface area (Å²) >= 11 is 0. The zero-order valence-corrected chi connectivity index (χ0v) is 11.9. The molecule has 1 aliphatic carbocycles. The second kappa shape index (κ2) is 5.17. The standard InChI is InChI=1S/C14H26N2O2/c1-15(2)12(11-6-4-9-16(3)10-11)14(13(17)18)7-5-8-14/h11-12H,4-10H2,1-3H3,(H,17,18). The Morgan fingerprint density at radius 3 is 2.44 bits per heavy atom. The molecule has 4 nitrogen and oxygen atoms in total. The van der Waals surface area contributed by atoms with Crippen LogP contribution in [0.4, 0.5) is 0 Å². The van der Waals surface area contributed by atoms with Gasteiger partial charge in [-0.05, 0) is 59.3 Å². The molecule has 1 saturated heterocycles. The molecule has 1 saturated carbocycles. The van der Waals surface area contributed by atoms with Gasteiger partial charge in [0.05, 0.1) is 5.41 Å². The highest BCUT2D eigenvalue weighted by Gasteiger charge is 2.54. The Kier molecular flexibility index (Phi) is 3.97. The number of likely N-dealkylation sites (tertiary alicyclic amines) is 1. The molecule has 0 aromatic carbocycles. The highest BCUT2D eigenvalue weighted by Crippen LogP contribution is 2.49. The lowest BCUT2D eigenvalue weighted by atomic mass is 9.59. The monoisotopic (exact) mass is 254 g/mol. The Bertz CT molecular complexity index is 313. The van der Waals surface area contributed by atoms with Crippen molar-refractivity contribution in [1.82, 2.24) is 9.80 Å². The first kappa shape index (κ1) is 13.8. The molecule has 0 aromatic rings. The quantitative estimate of drug-likeness (QED) is 0.826. The molecule has 0 aromatic heterocycles. The second-order valence-corrected chi connectivity index (χ2v) is 6.39. The summed E-state index contributed by atoms with van der Waals surface area (Å²) in [5.41, 5.74) is -0.480. The van der Waals surface area contributed by atoms with Crippen LogP contribution >= 0.6 is 0 Å². The average molecular weight is 254 g/mol. The van der Waals surface area contributed by atoms with Crippen molar-refractivity contribution in [1.29, 1.82) is 0 Å². The SMILES string of the molecule is CN1CCCC(C(N(C)C)C2(C(=O)O)CCC2)C1. The zero-order valence-electron chi connectivity index (χ0n) is 11.9. The Morgan fingerprint density at radius 1 is 1.39 bits per heavy atom. The number of hydrogen-bond donors (Lipinski definition) is 1. The number of nitrogens with zero attached hydrogens (tertiary/aromatic N) is 2. The Hall–Kier alpha value is -0.610. The smallest absolute Gasteiger partial charge is 0.311 e. The van der Waals surface area contributed by atoms with Gasteiger partial charge in [0.15, 0.2) is 0 Å². The van der Waals surface area contributed by atoms with Crippen LogP contribution in [0.2, 0.25) is 0 Å². The molecule has 18 heavy (non-hydrogen) atoms. The number of carboxylic acid groups (broad SMARTS) is 1. The molecular weight excluding hydrogens is 228 g/mol. The van der Waals surface area contributed by atoms with Crippen molar-refractivity contribution < 1.29 is 9.90 Å². The molecule has 2 unspecified atom stereocenters. The summed E-state index contributed by atoms with van der Waals surface area (Å²) in [5.74, 6) is -0.0872. The minimum Gasteiger partial charge on any atom is -0.481 e. The van der Waals surface area contributed by atoms with Gasteiger partial charge in [0.25, 0.3) is 0 Å². The molecule has 2 atom stereocenters. The van der Waals surface area contributed by atoms with Crippen LogP contribution in [0.5, 0.6) is 0 Å². The van der Waals surface area contributed by atoms with Gasteiger partial charge in [0, 0.05) is 12.6 Å². The van der Waals surface area contributed by atoms with E-state index in [1.165, 1.54) is 12.8 Å². The van der Waals surface area contributed by atoms with Crippen LogP contribution in [-0.2, 0) is 4.79 Å². The molecule has 104 valence electrons. The first-order valence-corrected chi connectivity index (χ1v) is 7.06. The lowest BCUT2D eigenvalue weighted by Gasteiger charge is -2.51. The Labute approximate surface area is 110 Å². The summed E-state index contributed by atoms with van der Waals surface area (Å²) in [4.78, 5) is 16.2. The van der Waals surface area contributed by atoms with Gasteiger partial charge in [-0.25, -0.2) is 0 Å². The topological polar surface area (TPSA) is 43.8 Å². The van der Waals surface area contributed by atoms with E-state index in [-0.39, 0.29) is 6.04 Å². The van der Waals surface area contributed by atoms with Crippen molar-refractivity contribution in [2.24, 2.45) is 11.3 Å². The van der Waals surface area contributed by atoms with Crippen molar-refractivity contribution in [3.05, 3.63) is 0 Å². The maximum Gasteiger partial charge on any atom is 0.311 e. The van der Waals surface area contributed by atoms with Crippen LogP contribution in [0.1, 0.15) is 32.1 Å². The predicted molar refractivity (Wildman–Crippen MR) is 71.6 cm³/mol. The van der Waals surface area contributed by atoms with E-state index in [0.717, 1.165) is 32.4 Å². The van der Waals surface area contributed by atoms with Crippen LogP contribution in [0.15, 0.2) is 0 Å². The molecule has 1 heterocycles. The Balaban J connectivity index is 2.19. The van der Waals surface area contributed by atoms with Gasteiger partial charge in [0.2, 0.25) is 0 Å². The number of carbonyl (C=O) groups is 1. The molecule has 0 bridgehead atoms. The highest BCUT2D eigenvalue weighted by molar-refractivity contribution is 5.76. The lowest BCUT2D eigenvalue weighted by Crippen LogP contribution is -2.59. The molecule has 2 aliphatic rings. The van der Waals surface area contributed by atoms with Gasteiger partial charge >= 0.3 is 5.97 Å². The van der Waals surface area contributed by atoms with E-state index >= 15 is 0 Å². The van der Waals surface area contributed by atoms with Gasteiger partial charge in [-0.15, -0.1) is 0 Å². The molecular formula is C14H26N2O2. The van der Waals surface area contributed by atoms with E-state index in [2.05, 4.69) is 16.8 Å². The molecule has 0 amide bonds. The summed E-state index contributed by atoms with van der Waals surface area (Å²) in [6.07, 6.45) is 5.14. The number of hydrogen-bond acceptors (Lipinski definition) is 3. The van der Waals surface area contributed by atoms with Crippen molar-refractivity contribution in [2.45, 2.75) is 38.1 Å². The third kappa shape index (κ3) is 2.28. The fourth-order valence-corrected chi connectivity index (χ4v) is 4.02. The first-order chi connectivity index (χ1) is 8.47. The van der Waals surface area contributed by atoms with E-state index in [0.29, 0.717) is 5.92 Å². The van der Waals surface area contributed by atoms with Crippen LogP contribution in [0.3, 0.4) is 0 Å². The number of aliphatic carboxylic acids is 1. The molecule has 2 fully saturated rings. The Morgan fingerprint density at radius 2 is 2.06 bits per heavy atom. The van der Waals surface area contributed by atoms with E-state index < -0.39 is 11.4 Å². The van der Waals surface area contributed by atoms with Gasteiger partial charge in [-0.1, -0.05) is 6.42 Å². The van der Waals surface area contributed by atoms with Gasteiger partial charge in [0.1, 0.15) is 0 Å². The zero-order chi connectivity index (χ0) is 13.3. The number of piperidine rings is 1. The maximum atomic E-state index is 11.7. The normalized spacial score (nSPS) is 29.9. The molecule has 2 rings (SSSR count). The van der Waals surface area contributed by atoms with Crippen LogP contribution in [0.25, 0.3) is 0 Å². The summed E-state index contributed by atoms with van der Waals surface area (Å²) in [7, 11) is 6.23. The lowest BCUT2D eigenvalue weighted by molar-refractivity contribution is -0.164. The van der Waals surface area contributed by atoms with Crippen molar-refractivity contribution in [3.8, 4) is 0 Å². The fraction of sp³-hybridized carbons (Fsp3) is 0.929. The summed E-state index contributed by atoms with van der Waals surface area (Å²) < 4.78 is 0. The molecule has 0 radical (unpaired) electrons. The summed E-state index contributed by atoms with van der Waals surface area (Å²) in [6, 6.07) is 0.187. The second-order valence-electron chi connectivity index (χ2n) is 6.39. The van der Waals surface area contributed by atoms with Crippen LogP contribution < -0.4 is 0 Å². The molecule has 1 aliphatic heterocycles. The third-order valence-corrected chi connectivity index (χ3v) is 4.90. The molecule has 0 spiro atoms. The number of rotatable bonds is 4. The van der Waals surface area contributed by atoms with E-state index in [9.17, 15) is 9.90 Å². The molecule has 4 heteroatoms. The van der Waals surface area contributed by atoms with Crippen LogP contribution in [0, 0.1) is 11.3 Å².